The fraction of sp³-hybridized carbons (Fsp3) is 0.174. The van der Waals surface area contributed by atoms with Crippen molar-refractivity contribution < 1.29 is 23.8 Å². The summed E-state index contributed by atoms with van der Waals surface area (Å²) in [6.07, 6.45) is 2.79. The van der Waals surface area contributed by atoms with Crippen LogP contribution in [-0.2, 0) is 14.3 Å². The molecule has 0 saturated heterocycles. The first kappa shape index (κ1) is 20.9. The van der Waals surface area contributed by atoms with Gasteiger partial charge in [-0.05, 0) is 30.3 Å². The largest absolute Gasteiger partial charge is 0.493 e. The fourth-order valence-electron chi connectivity index (χ4n) is 2.65. The van der Waals surface area contributed by atoms with Crippen molar-refractivity contribution in [2.75, 3.05) is 26.9 Å². The van der Waals surface area contributed by atoms with E-state index in [9.17, 15) is 9.59 Å². The van der Waals surface area contributed by atoms with Crippen LogP contribution in [0.1, 0.15) is 5.69 Å². The van der Waals surface area contributed by atoms with E-state index in [1.165, 1.54) is 6.08 Å². The molecule has 1 N–H and O–H groups in total. The van der Waals surface area contributed by atoms with Gasteiger partial charge < -0.3 is 19.5 Å². The molecule has 1 aromatic heterocycles. The van der Waals surface area contributed by atoms with Gasteiger partial charge in [0.2, 0.25) is 0 Å². The smallest absolute Gasteiger partial charge is 0.331 e. The number of carbonyl (C=O) groups excluding carboxylic acids is 2. The van der Waals surface area contributed by atoms with Crippen LogP contribution in [0, 0.1) is 0 Å². The van der Waals surface area contributed by atoms with Crippen LogP contribution < -0.4 is 14.8 Å². The van der Waals surface area contributed by atoms with Crippen LogP contribution in [-0.4, -0.2) is 43.7 Å². The summed E-state index contributed by atoms with van der Waals surface area (Å²) in [5, 5.41) is 3.64. The molecule has 2 aromatic carbocycles. The zero-order chi connectivity index (χ0) is 21.2. The number of hydrogen-bond donors (Lipinski definition) is 1. The number of para-hydroxylation sites is 3. The molecule has 0 aliphatic heterocycles. The summed E-state index contributed by atoms with van der Waals surface area (Å²) >= 11 is 0. The molecule has 1 amide bonds. The molecular formula is C23H22N2O5. The monoisotopic (exact) mass is 406 g/mol. The van der Waals surface area contributed by atoms with Crippen molar-refractivity contribution in [3.8, 4) is 11.5 Å². The normalized spacial score (nSPS) is 10.7. The first-order valence-corrected chi connectivity index (χ1v) is 9.39. The van der Waals surface area contributed by atoms with E-state index >= 15 is 0 Å². The van der Waals surface area contributed by atoms with E-state index in [4.69, 9.17) is 14.2 Å². The molecular weight excluding hydrogens is 384 g/mol. The second-order valence-electron chi connectivity index (χ2n) is 6.22. The number of ether oxygens (including phenoxy) is 3. The zero-order valence-electron chi connectivity index (χ0n) is 16.5. The van der Waals surface area contributed by atoms with Crippen LogP contribution in [0.2, 0.25) is 0 Å². The van der Waals surface area contributed by atoms with Gasteiger partial charge in [-0.1, -0.05) is 36.4 Å². The van der Waals surface area contributed by atoms with Crippen molar-refractivity contribution in [1.29, 1.82) is 0 Å². The highest BCUT2D eigenvalue weighted by Crippen LogP contribution is 2.25. The summed E-state index contributed by atoms with van der Waals surface area (Å²) < 4.78 is 15.7. The summed E-state index contributed by atoms with van der Waals surface area (Å²) in [5.41, 5.74) is 1.46. The minimum Gasteiger partial charge on any atom is -0.493 e. The van der Waals surface area contributed by atoms with E-state index in [1.54, 1.807) is 31.4 Å². The number of amides is 1. The number of carbonyl (C=O) groups is 2. The van der Waals surface area contributed by atoms with E-state index in [0.29, 0.717) is 17.2 Å². The number of aromatic nitrogens is 1. The summed E-state index contributed by atoms with van der Waals surface area (Å²) in [7, 11) is 1.56. The second kappa shape index (κ2) is 10.6. The number of nitrogens with zero attached hydrogens (tertiary/aromatic N) is 1. The molecule has 0 spiro atoms. The van der Waals surface area contributed by atoms with Crippen LogP contribution in [0.15, 0.2) is 66.7 Å². The number of esters is 1. The molecule has 0 saturated carbocycles. The third kappa shape index (κ3) is 6.07. The van der Waals surface area contributed by atoms with Crippen molar-refractivity contribution in [2.45, 2.75) is 0 Å². The summed E-state index contributed by atoms with van der Waals surface area (Å²) in [6, 6.07) is 18.7. The molecule has 0 fully saturated rings. The minimum absolute atomic E-state index is 0.258. The first-order chi connectivity index (χ1) is 14.7. The van der Waals surface area contributed by atoms with E-state index in [-0.39, 0.29) is 19.8 Å². The van der Waals surface area contributed by atoms with Crippen molar-refractivity contribution in [3.05, 3.63) is 72.4 Å². The Bertz CT molecular complexity index is 1050. The Morgan fingerprint density at radius 2 is 1.77 bits per heavy atom. The number of hydrogen-bond acceptors (Lipinski definition) is 6. The Morgan fingerprint density at radius 3 is 2.60 bits per heavy atom. The van der Waals surface area contributed by atoms with Crippen LogP contribution in [0.3, 0.4) is 0 Å². The number of methoxy groups -OCH3 is 1. The van der Waals surface area contributed by atoms with Gasteiger partial charge in [-0.2, -0.15) is 0 Å². The van der Waals surface area contributed by atoms with Gasteiger partial charge in [0.15, 0.2) is 18.1 Å². The minimum atomic E-state index is -0.620. The van der Waals surface area contributed by atoms with Gasteiger partial charge in [0, 0.05) is 11.5 Å². The lowest BCUT2D eigenvalue weighted by atomic mass is 10.2. The predicted molar refractivity (Wildman–Crippen MR) is 113 cm³/mol. The van der Waals surface area contributed by atoms with Crippen LogP contribution in [0.4, 0.5) is 0 Å². The second-order valence-corrected chi connectivity index (χ2v) is 6.22. The highest BCUT2D eigenvalue weighted by atomic mass is 16.5. The highest BCUT2D eigenvalue weighted by Gasteiger charge is 2.06. The maximum Gasteiger partial charge on any atom is 0.331 e. The first-order valence-electron chi connectivity index (χ1n) is 9.39. The predicted octanol–water partition coefficient (Wildman–Crippen LogP) is 3.00. The van der Waals surface area contributed by atoms with Crippen molar-refractivity contribution in [3.63, 3.8) is 0 Å². The van der Waals surface area contributed by atoms with Crippen molar-refractivity contribution >= 4 is 28.9 Å². The molecule has 3 aromatic rings. The number of pyridine rings is 1. The summed E-state index contributed by atoms with van der Waals surface area (Å²) in [5.74, 6) is 0.174. The number of fused-ring (bicyclic) bond motifs is 1. The average molecular weight is 406 g/mol. The van der Waals surface area contributed by atoms with E-state index in [2.05, 4.69) is 10.3 Å². The summed E-state index contributed by atoms with van der Waals surface area (Å²) in [6.45, 7) is 0.155. The fourth-order valence-corrected chi connectivity index (χ4v) is 2.65. The lowest BCUT2D eigenvalue weighted by Gasteiger charge is -2.10. The number of rotatable bonds is 9. The molecule has 7 nitrogen and oxygen atoms in total. The molecule has 3 rings (SSSR count). The summed E-state index contributed by atoms with van der Waals surface area (Å²) in [4.78, 5) is 28.0. The van der Waals surface area contributed by atoms with Crippen LogP contribution in [0.25, 0.3) is 17.0 Å². The highest BCUT2D eigenvalue weighted by molar-refractivity contribution is 5.89. The number of nitrogens with one attached hydrogen (secondary N) is 1. The van der Waals surface area contributed by atoms with Gasteiger partial charge in [-0.15, -0.1) is 0 Å². The van der Waals surface area contributed by atoms with Gasteiger partial charge in [0.1, 0.15) is 6.61 Å². The van der Waals surface area contributed by atoms with Gasteiger partial charge in [0.25, 0.3) is 5.91 Å². The topological polar surface area (TPSA) is 86.8 Å². The van der Waals surface area contributed by atoms with Crippen LogP contribution >= 0.6 is 0 Å². The van der Waals surface area contributed by atoms with E-state index in [1.807, 2.05) is 42.5 Å². The third-order valence-corrected chi connectivity index (χ3v) is 4.11. The SMILES string of the molecule is COc1ccccc1OCCNC(=O)COC(=O)/C=C/c1ccc2ccccc2n1. The molecule has 0 unspecified atom stereocenters. The molecule has 30 heavy (non-hydrogen) atoms. The zero-order valence-corrected chi connectivity index (χ0v) is 16.5. The average Bonchev–Trinajstić information content (AvgIpc) is 2.79. The number of benzene rings is 2. The maximum atomic E-state index is 11.8. The van der Waals surface area contributed by atoms with E-state index < -0.39 is 11.9 Å². The molecule has 0 radical (unpaired) electrons. The molecule has 7 heteroatoms. The van der Waals surface area contributed by atoms with Crippen LogP contribution in [0.5, 0.6) is 11.5 Å². The van der Waals surface area contributed by atoms with Gasteiger partial charge in [-0.25, -0.2) is 9.78 Å². The standard InChI is InChI=1S/C23H22N2O5/c1-28-20-8-4-5-9-21(20)29-15-14-24-22(26)16-30-23(27)13-12-18-11-10-17-6-2-3-7-19(17)25-18/h2-13H,14-16H2,1H3,(H,24,26)/b13-12+. The lowest BCUT2D eigenvalue weighted by molar-refractivity contribution is -0.143. The van der Waals surface area contributed by atoms with E-state index in [0.717, 1.165) is 10.9 Å². The molecule has 0 aliphatic carbocycles. The lowest BCUT2D eigenvalue weighted by Crippen LogP contribution is -2.31. The quantitative estimate of drug-likeness (QED) is 0.334. The Labute approximate surface area is 174 Å². The molecule has 0 bridgehead atoms. The molecule has 1 heterocycles. The maximum absolute atomic E-state index is 11.8. The Balaban J connectivity index is 1.37. The Hall–Kier alpha value is -3.87. The van der Waals surface area contributed by atoms with Gasteiger partial charge in [0.05, 0.1) is 24.9 Å². The van der Waals surface area contributed by atoms with Gasteiger partial charge in [-0.3, -0.25) is 4.79 Å². The van der Waals surface area contributed by atoms with Gasteiger partial charge >= 0.3 is 5.97 Å². The molecule has 154 valence electrons. The van der Waals surface area contributed by atoms with Crippen molar-refractivity contribution in [2.24, 2.45) is 0 Å². The Kier molecular flexibility index (Phi) is 7.38. The molecule has 0 aliphatic rings. The Morgan fingerprint density at radius 1 is 1.00 bits per heavy atom. The third-order valence-electron chi connectivity index (χ3n) is 4.11. The van der Waals surface area contributed by atoms with Crippen molar-refractivity contribution in [1.82, 2.24) is 10.3 Å². The molecule has 0 atom stereocenters.